The number of carbonyl (C=O) groups is 2. The van der Waals surface area contributed by atoms with E-state index in [-0.39, 0.29) is 28.6 Å². The van der Waals surface area contributed by atoms with Crippen molar-refractivity contribution in [3.05, 3.63) is 69.2 Å². The van der Waals surface area contributed by atoms with Crippen molar-refractivity contribution in [1.82, 2.24) is 19.6 Å². The quantitative estimate of drug-likeness (QED) is 0.294. The van der Waals surface area contributed by atoms with Gasteiger partial charge >= 0.3 is 6.18 Å². The van der Waals surface area contributed by atoms with E-state index in [1.54, 1.807) is 24.3 Å². The third-order valence-corrected chi connectivity index (χ3v) is 7.68. The van der Waals surface area contributed by atoms with E-state index < -0.39 is 35.1 Å². The molecule has 2 atom stereocenters. The Hall–Kier alpha value is -2.89. The predicted octanol–water partition coefficient (Wildman–Crippen LogP) is 5.84. The molecule has 6 nitrogen and oxygen atoms in total. The first-order valence-corrected chi connectivity index (χ1v) is 12.7. The van der Waals surface area contributed by atoms with Crippen molar-refractivity contribution in [2.45, 2.75) is 31.9 Å². The van der Waals surface area contributed by atoms with Gasteiger partial charge in [-0.1, -0.05) is 30.7 Å². The lowest BCUT2D eigenvalue weighted by Gasteiger charge is -2.22. The minimum atomic E-state index is -4.56. The molecule has 194 valence electrons. The van der Waals surface area contributed by atoms with E-state index in [4.69, 9.17) is 11.6 Å². The standard InChI is InChI=1S/C25H21ClF4N4O2S/c1-2-32-12-19(27)21(13-32)34-23(35)22(37-24(34)36)8-14-3-6-20-16(7-14)10-31-33(20)11-15-4-5-17(26)9-18(15)25(28,29)30/h3-10,19,21H,2,11-13H2,1H3/t19-,21+/m0/s1. The predicted molar refractivity (Wildman–Crippen MR) is 134 cm³/mol. The molecule has 3 aromatic rings. The number of likely N-dealkylation sites (N-methyl/N-ethyl adjacent to an activating group) is 1. The highest BCUT2D eigenvalue weighted by molar-refractivity contribution is 8.18. The Balaban J connectivity index is 1.39. The molecule has 0 spiro atoms. The molecule has 0 bridgehead atoms. The molecule has 37 heavy (non-hydrogen) atoms. The van der Waals surface area contributed by atoms with Crippen molar-refractivity contribution in [2.75, 3.05) is 19.6 Å². The van der Waals surface area contributed by atoms with Gasteiger partial charge in [0.15, 0.2) is 0 Å². The van der Waals surface area contributed by atoms with Gasteiger partial charge in [-0.25, -0.2) is 4.39 Å². The third-order valence-electron chi connectivity index (χ3n) is 6.56. The van der Waals surface area contributed by atoms with Gasteiger partial charge in [-0.3, -0.25) is 24.1 Å². The van der Waals surface area contributed by atoms with Gasteiger partial charge < -0.3 is 0 Å². The Bertz CT molecular complexity index is 1420. The first-order valence-electron chi connectivity index (χ1n) is 11.5. The van der Waals surface area contributed by atoms with Crippen LogP contribution in [0.5, 0.6) is 0 Å². The zero-order valence-electron chi connectivity index (χ0n) is 19.5. The summed E-state index contributed by atoms with van der Waals surface area (Å²) in [5.41, 5.74) is 0.410. The zero-order valence-corrected chi connectivity index (χ0v) is 21.1. The van der Waals surface area contributed by atoms with Crippen LogP contribution in [-0.2, 0) is 17.5 Å². The molecule has 0 saturated carbocycles. The molecule has 0 radical (unpaired) electrons. The molecule has 2 aliphatic rings. The number of halogens is 5. The fourth-order valence-electron chi connectivity index (χ4n) is 4.67. The maximum absolute atomic E-state index is 14.5. The minimum Gasteiger partial charge on any atom is -0.298 e. The Morgan fingerprint density at radius 3 is 2.65 bits per heavy atom. The lowest BCUT2D eigenvalue weighted by atomic mass is 10.1. The van der Waals surface area contributed by atoms with Gasteiger partial charge in [-0.15, -0.1) is 0 Å². The lowest BCUT2D eigenvalue weighted by Crippen LogP contribution is -2.44. The summed E-state index contributed by atoms with van der Waals surface area (Å²) in [6.45, 7) is 2.90. The number of thioether (sulfide) groups is 1. The molecule has 2 fully saturated rings. The highest BCUT2D eigenvalue weighted by Crippen LogP contribution is 2.37. The number of imide groups is 1. The zero-order chi connectivity index (χ0) is 26.5. The van der Waals surface area contributed by atoms with Crippen LogP contribution in [-0.4, -0.2) is 62.6 Å². The topological polar surface area (TPSA) is 58.4 Å². The van der Waals surface area contributed by atoms with E-state index in [0.29, 0.717) is 29.6 Å². The summed E-state index contributed by atoms with van der Waals surface area (Å²) < 4.78 is 56.4. The Labute approximate surface area is 218 Å². The Morgan fingerprint density at radius 2 is 1.95 bits per heavy atom. The van der Waals surface area contributed by atoms with Crippen molar-refractivity contribution in [2.24, 2.45) is 0 Å². The summed E-state index contributed by atoms with van der Waals surface area (Å²) in [7, 11) is 0. The van der Waals surface area contributed by atoms with Crippen molar-refractivity contribution in [3.8, 4) is 0 Å². The van der Waals surface area contributed by atoms with E-state index in [1.807, 2.05) is 11.8 Å². The van der Waals surface area contributed by atoms with Gasteiger partial charge in [0.2, 0.25) is 0 Å². The minimum absolute atomic E-state index is 0.00638. The summed E-state index contributed by atoms with van der Waals surface area (Å²) in [6.07, 6.45) is -2.78. The van der Waals surface area contributed by atoms with Crippen molar-refractivity contribution in [3.63, 3.8) is 0 Å². The van der Waals surface area contributed by atoms with Gasteiger partial charge in [0.05, 0.1) is 34.8 Å². The van der Waals surface area contributed by atoms with Crippen LogP contribution in [0.4, 0.5) is 22.4 Å². The van der Waals surface area contributed by atoms with Crippen molar-refractivity contribution in [1.29, 1.82) is 0 Å². The van der Waals surface area contributed by atoms with Gasteiger partial charge in [-0.05, 0) is 59.8 Å². The largest absolute Gasteiger partial charge is 0.416 e. The van der Waals surface area contributed by atoms with E-state index >= 15 is 0 Å². The molecule has 1 aromatic heterocycles. The summed E-state index contributed by atoms with van der Waals surface area (Å²) in [6, 6.07) is 7.92. The number of hydrogen-bond donors (Lipinski definition) is 0. The number of alkyl halides is 4. The summed E-state index contributed by atoms with van der Waals surface area (Å²) in [4.78, 5) is 28.6. The normalized spacial score (nSPS) is 22.2. The number of carbonyl (C=O) groups excluding carboxylic acids is 2. The van der Waals surface area contributed by atoms with Crippen LogP contribution in [0.2, 0.25) is 5.02 Å². The molecule has 5 rings (SSSR count). The summed E-state index contributed by atoms with van der Waals surface area (Å²) in [5, 5.41) is 4.38. The van der Waals surface area contributed by atoms with E-state index in [9.17, 15) is 27.2 Å². The summed E-state index contributed by atoms with van der Waals surface area (Å²) >= 11 is 6.54. The number of likely N-dealkylation sites (tertiary alicyclic amines) is 1. The number of benzene rings is 2. The fourth-order valence-corrected chi connectivity index (χ4v) is 5.73. The third kappa shape index (κ3) is 4.99. The van der Waals surface area contributed by atoms with Crippen LogP contribution in [0, 0.1) is 0 Å². The molecule has 2 aromatic carbocycles. The van der Waals surface area contributed by atoms with Crippen LogP contribution in [0.25, 0.3) is 17.0 Å². The van der Waals surface area contributed by atoms with Gasteiger partial charge in [0, 0.05) is 23.5 Å². The molecule has 2 saturated heterocycles. The fraction of sp³-hybridized carbons (Fsp3) is 0.320. The first-order chi connectivity index (χ1) is 17.5. The van der Waals surface area contributed by atoms with Gasteiger partial charge in [-0.2, -0.15) is 18.3 Å². The maximum atomic E-state index is 14.5. The maximum Gasteiger partial charge on any atom is 0.416 e. The lowest BCUT2D eigenvalue weighted by molar-refractivity contribution is -0.138. The first kappa shape index (κ1) is 25.7. The number of fused-ring (bicyclic) bond motifs is 1. The highest BCUT2D eigenvalue weighted by Gasteiger charge is 2.46. The number of hydrogen-bond acceptors (Lipinski definition) is 5. The second-order valence-corrected chi connectivity index (χ2v) is 10.3. The van der Waals surface area contributed by atoms with E-state index in [1.165, 1.54) is 23.0 Å². The van der Waals surface area contributed by atoms with Crippen LogP contribution < -0.4 is 0 Å². The Kier molecular flexibility index (Phi) is 6.80. The Morgan fingerprint density at radius 1 is 1.16 bits per heavy atom. The molecule has 2 aliphatic heterocycles. The molecular weight excluding hydrogens is 532 g/mol. The van der Waals surface area contributed by atoms with Crippen LogP contribution in [0.1, 0.15) is 23.6 Å². The van der Waals surface area contributed by atoms with E-state index in [2.05, 4.69) is 5.10 Å². The average molecular weight is 553 g/mol. The van der Waals surface area contributed by atoms with Gasteiger partial charge in [0.1, 0.15) is 6.17 Å². The smallest absolute Gasteiger partial charge is 0.298 e. The molecule has 2 amide bonds. The molecule has 0 unspecified atom stereocenters. The number of aromatic nitrogens is 2. The second kappa shape index (κ2) is 9.77. The SMILES string of the molecule is CCN1C[C@@H](N2C(=O)SC(=Cc3ccc4c(cnn4Cc4ccc(Cl)cc4C(F)(F)F)c3)C2=O)[C@@H](F)C1. The molecular formula is C25H21ClF4N4O2S. The monoisotopic (exact) mass is 552 g/mol. The summed E-state index contributed by atoms with van der Waals surface area (Å²) in [5.74, 6) is -0.529. The highest BCUT2D eigenvalue weighted by atomic mass is 35.5. The second-order valence-electron chi connectivity index (χ2n) is 8.91. The number of nitrogens with zero attached hydrogens (tertiary/aromatic N) is 4. The van der Waals surface area contributed by atoms with Crippen LogP contribution in [0.3, 0.4) is 0 Å². The van der Waals surface area contributed by atoms with E-state index in [0.717, 1.165) is 22.7 Å². The van der Waals surface area contributed by atoms with Crippen molar-refractivity contribution >= 4 is 51.5 Å². The molecule has 0 N–H and O–H groups in total. The van der Waals surface area contributed by atoms with Crippen molar-refractivity contribution < 1.29 is 27.2 Å². The van der Waals surface area contributed by atoms with Crippen LogP contribution in [0.15, 0.2) is 47.5 Å². The molecule has 0 aliphatic carbocycles. The molecule has 12 heteroatoms. The van der Waals surface area contributed by atoms with Gasteiger partial charge in [0.25, 0.3) is 11.1 Å². The number of amides is 2. The average Bonchev–Trinajstić information content (AvgIpc) is 3.49. The number of rotatable bonds is 5. The molecule has 3 heterocycles. The van der Waals surface area contributed by atoms with Crippen LogP contribution >= 0.6 is 23.4 Å².